The van der Waals surface area contributed by atoms with Crippen molar-refractivity contribution in [2.24, 2.45) is 0 Å². The summed E-state index contributed by atoms with van der Waals surface area (Å²) < 4.78 is 12.7. The number of halogens is 2. The molecule has 2 rings (SSSR count). The average Bonchev–Trinajstić information content (AvgIpc) is 2.29. The van der Waals surface area contributed by atoms with Gasteiger partial charge in [0.1, 0.15) is 12.0 Å². The second-order valence-electron chi connectivity index (χ2n) is 3.14. The molecule has 0 atom stereocenters. The lowest BCUT2D eigenvalue weighted by Crippen LogP contribution is -1.97. The smallest absolute Gasteiger partial charge is 0.258 e. The lowest BCUT2D eigenvalue weighted by Gasteiger charge is -2.02. The summed E-state index contributed by atoms with van der Waals surface area (Å²) in [7, 11) is 0. The van der Waals surface area contributed by atoms with Gasteiger partial charge in [0.25, 0.3) is 0 Å². The molecule has 2 aromatic rings. The van der Waals surface area contributed by atoms with E-state index in [1.54, 1.807) is 0 Å². The minimum absolute atomic E-state index is 0.0648. The summed E-state index contributed by atoms with van der Waals surface area (Å²) in [4.78, 5) is 17.5. The predicted octanol–water partition coefficient (Wildman–Crippen LogP) is 2.84. The van der Waals surface area contributed by atoms with Crippen LogP contribution in [0.15, 0.2) is 30.5 Å². The zero-order valence-corrected chi connectivity index (χ0v) is 9.06. The topological polar surface area (TPSA) is 68.9 Å². The fourth-order valence-corrected chi connectivity index (χ4v) is 1.44. The highest BCUT2D eigenvalue weighted by molar-refractivity contribution is 6.28. The molecule has 0 saturated heterocycles. The van der Waals surface area contributed by atoms with E-state index in [0.717, 1.165) is 6.20 Å². The summed E-state index contributed by atoms with van der Waals surface area (Å²) in [6, 6.07) is 5.16. The molecule has 0 radical (unpaired) electrons. The highest BCUT2D eigenvalue weighted by atomic mass is 35.5. The Morgan fingerprint density at radius 3 is 2.53 bits per heavy atom. The molecule has 0 spiro atoms. The number of rotatable bonds is 2. The maximum atomic E-state index is 12.7. The van der Waals surface area contributed by atoms with Crippen molar-refractivity contribution >= 4 is 17.3 Å². The number of hydrogen-bond acceptors (Lipinski definition) is 4. The number of hydrogen-bond donors (Lipinski definition) is 0. The number of nitro groups is 1. The van der Waals surface area contributed by atoms with E-state index in [2.05, 4.69) is 9.97 Å². The van der Waals surface area contributed by atoms with Crippen molar-refractivity contribution in [3.63, 3.8) is 0 Å². The number of benzene rings is 1. The Kier molecular flexibility index (Phi) is 2.97. The molecule has 0 aliphatic rings. The summed E-state index contributed by atoms with van der Waals surface area (Å²) in [5, 5.41) is 10.7. The van der Waals surface area contributed by atoms with Crippen LogP contribution in [0.25, 0.3) is 11.3 Å². The maximum Gasteiger partial charge on any atom is 0.313 e. The molecule has 0 amide bonds. The quantitative estimate of drug-likeness (QED) is 0.469. The van der Waals surface area contributed by atoms with E-state index in [-0.39, 0.29) is 16.7 Å². The van der Waals surface area contributed by atoms with Gasteiger partial charge in [0, 0.05) is 5.56 Å². The molecular formula is C10H5ClFN3O2. The van der Waals surface area contributed by atoms with Crippen LogP contribution in [0, 0.1) is 15.9 Å². The second kappa shape index (κ2) is 4.42. The maximum absolute atomic E-state index is 12.7. The van der Waals surface area contributed by atoms with Gasteiger partial charge in [0.15, 0.2) is 5.69 Å². The molecular weight excluding hydrogens is 249 g/mol. The van der Waals surface area contributed by atoms with Crippen LogP contribution >= 0.6 is 11.6 Å². The fourth-order valence-electron chi connectivity index (χ4n) is 1.31. The van der Waals surface area contributed by atoms with E-state index >= 15 is 0 Å². The van der Waals surface area contributed by atoms with E-state index in [0.29, 0.717) is 5.56 Å². The summed E-state index contributed by atoms with van der Waals surface area (Å²) in [6.45, 7) is 0. The van der Waals surface area contributed by atoms with Crippen LogP contribution in [0.4, 0.5) is 10.1 Å². The van der Waals surface area contributed by atoms with Gasteiger partial charge in [-0.05, 0) is 35.9 Å². The Morgan fingerprint density at radius 1 is 1.29 bits per heavy atom. The molecule has 5 nitrogen and oxygen atoms in total. The fraction of sp³-hybridized carbons (Fsp3) is 0. The summed E-state index contributed by atoms with van der Waals surface area (Å²) >= 11 is 5.58. The van der Waals surface area contributed by atoms with Crippen molar-refractivity contribution in [3.8, 4) is 11.3 Å². The molecule has 0 N–H and O–H groups in total. The summed E-state index contributed by atoms with van der Waals surface area (Å²) in [5.74, 6) is -0.434. The minimum Gasteiger partial charge on any atom is -0.258 e. The molecule has 86 valence electrons. The van der Waals surface area contributed by atoms with Crippen LogP contribution in [0.5, 0.6) is 0 Å². The summed E-state index contributed by atoms with van der Waals surface area (Å²) in [5.41, 5.74) is 0.193. The van der Waals surface area contributed by atoms with Crippen LogP contribution in [0.2, 0.25) is 5.28 Å². The Hall–Kier alpha value is -2.08. The van der Waals surface area contributed by atoms with Crippen molar-refractivity contribution in [2.75, 3.05) is 0 Å². The van der Waals surface area contributed by atoms with E-state index in [4.69, 9.17) is 11.6 Å². The van der Waals surface area contributed by atoms with Crippen molar-refractivity contribution in [1.29, 1.82) is 0 Å². The van der Waals surface area contributed by atoms with Crippen LogP contribution in [-0.4, -0.2) is 14.9 Å². The van der Waals surface area contributed by atoms with Gasteiger partial charge in [-0.1, -0.05) is 0 Å². The standard InChI is InChI=1S/C10H5ClFN3O2/c11-10-13-5-8(15(16)17)9(14-10)6-1-3-7(12)4-2-6/h1-5H. The summed E-state index contributed by atoms with van der Waals surface area (Å²) in [6.07, 6.45) is 1.02. The molecule has 1 aromatic heterocycles. The van der Waals surface area contributed by atoms with Gasteiger partial charge >= 0.3 is 5.69 Å². The third kappa shape index (κ3) is 2.36. The van der Waals surface area contributed by atoms with Gasteiger partial charge in [0.05, 0.1) is 4.92 Å². The first-order chi connectivity index (χ1) is 8.08. The van der Waals surface area contributed by atoms with Gasteiger partial charge in [-0.2, -0.15) is 0 Å². The third-order valence-corrected chi connectivity index (χ3v) is 2.24. The molecule has 0 fully saturated rings. The molecule has 0 aliphatic carbocycles. The first-order valence-corrected chi connectivity index (χ1v) is 4.88. The molecule has 1 aromatic carbocycles. The van der Waals surface area contributed by atoms with Gasteiger partial charge in [-0.3, -0.25) is 10.1 Å². The zero-order valence-electron chi connectivity index (χ0n) is 8.30. The molecule has 0 bridgehead atoms. The van der Waals surface area contributed by atoms with Gasteiger partial charge < -0.3 is 0 Å². The van der Waals surface area contributed by atoms with Gasteiger partial charge in [-0.15, -0.1) is 0 Å². The van der Waals surface area contributed by atoms with Crippen LogP contribution < -0.4 is 0 Å². The van der Waals surface area contributed by atoms with E-state index < -0.39 is 10.7 Å². The van der Waals surface area contributed by atoms with Crippen LogP contribution in [-0.2, 0) is 0 Å². The molecule has 1 heterocycles. The molecule has 0 saturated carbocycles. The minimum atomic E-state index is -0.616. The van der Waals surface area contributed by atoms with Gasteiger partial charge in [-0.25, -0.2) is 14.4 Å². The zero-order chi connectivity index (χ0) is 12.4. The molecule has 17 heavy (non-hydrogen) atoms. The first-order valence-electron chi connectivity index (χ1n) is 4.51. The van der Waals surface area contributed by atoms with Crippen molar-refractivity contribution in [3.05, 3.63) is 51.7 Å². The Labute approximate surface area is 100 Å². The molecule has 7 heteroatoms. The van der Waals surface area contributed by atoms with Crippen molar-refractivity contribution < 1.29 is 9.31 Å². The Balaban J connectivity index is 2.60. The molecule has 0 aliphatic heterocycles. The number of aromatic nitrogens is 2. The molecule has 0 unspecified atom stereocenters. The average molecular weight is 254 g/mol. The lowest BCUT2D eigenvalue weighted by molar-refractivity contribution is -0.384. The lowest BCUT2D eigenvalue weighted by atomic mass is 10.1. The van der Waals surface area contributed by atoms with Crippen LogP contribution in [0.1, 0.15) is 0 Å². The largest absolute Gasteiger partial charge is 0.313 e. The first kappa shape index (κ1) is 11.4. The SMILES string of the molecule is O=[N+]([O-])c1cnc(Cl)nc1-c1ccc(F)cc1. The van der Waals surface area contributed by atoms with Crippen molar-refractivity contribution in [1.82, 2.24) is 9.97 Å². The van der Waals surface area contributed by atoms with E-state index in [9.17, 15) is 14.5 Å². The Bertz CT molecular complexity index is 574. The monoisotopic (exact) mass is 253 g/mol. The predicted molar refractivity (Wildman–Crippen MR) is 59.1 cm³/mol. The second-order valence-corrected chi connectivity index (χ2v) is 3.47. The third-order valence-electron chi connectivity index (χ3n) is 2.05. The Morgan fingerprint density at radius 2 is 1.94 bits per heavy atom. The highest BCUT2D eigenvalue weighted by Gasteiger charge is 2.18. The van der Waals surface area contributed by atoms with Gasteiger partial charge in [0.2, 0.25) is 5.28 Å². The van der Waals surface area contributed by atoms with E-state index in [1.807, 2.05) is 0 Å². The number of nitrogens with zero attached hydrogens (tertiary/aromatic N) is 3. The van der Waals surface area contributed by atoms with Crippen LogP contribution in [0.3, 0.4) is 0 Å². The van der Waals surface area contributed by atoms with E-state index in [1.165, 1.54) is 24.3 Å². The van der Waals surface area contributed by atoms with Crippen molar-refractivity contribution in [2.45, 2.75) is 0 Å². The highest BCUT2D eigenvalue weighted by Crippen LogP contribution is 2.27. The normalized spacial score (nSPS) is 10.2.